The van der Waals surface area contributed by atoms with Crippen molar-refractivity contribution in [3.05, 3.63) is 84.1 Å². The van der Waals surface area contributed by atoms with Crippen molar-refractivity contribution in [3.8, 4) is 11.1 Å². The maximum Gasteiger partial charge on any atom is 0.255 e. The van der Waals surface area contributed by atoms with Crippen LogP contribution in [0.3, 0.4) is 0 Å². The summed E-state index contributed by atoms with van der Waals surface area (Å²) < 4.78 is 0. The Balaban J connectivity index is 1.28. The van der Waals surface area contributed by atoms with Gasteiger partial charge >= 0.3 is 0 Å². The van der Waals surface area contributed by atoms with Gasteiger partial charge in [-0.05, 0) is 68.9 Å². The van der Waals surface area contributed by atoms with Gasteiger partial charge in [-0.2, -0.15) is 0 Å². The smallest absolute Gasteiger partial charge is 0.255 e. The maximum atomic E-state index is 12.8. The molecule has 5 rings (SSSR count). The van der Waals surface area contributed by atoms with Crippen LogP contribution in [0.2, 0.25) is 0 Å². The summed E-state index contributed by atoms with van der Waals surface area (Å²) in [6.45, 7) is 4.02. The number of amides is 1. The Kier molecular flexibility index (Phi) is 5.99. The molecule has 1 saturated heterocycles. The third kappa shape index (κ3) is 4.63. The maximum absolute atomic E-state index is 12.8. The number of carbonyl (C=O) groups is 1. The van der Waals surface area contributed by atoms with Crippen LogP contribution >= 0.6 is 0 Å². The van der Waals surface area contributed by atoms with Gasteiger partial charge in [-0.1, -0.05) is 42.0 Å². The van der Waals surface area contributed by atoms with Gasteiger partial charge in [-0.3, -0.25) is 9.78 Å². The number of fused-ring (bicyclic) bond motifs is 1. The minimum absolute atomic E-state index is 0.147. The number of nitrogens with zero attached hydrogens (tertiary/aromatic N) is 4. The van der Waals surface area contributed by atoms with Crippen LogP contribution in [0, 0.1) is 6.92 Å². The molecule has 1 aliphatic rings. The highest BCUT2D eigenvalue weighted by Crippen LogP contribution is 2.24. The summed E-state index contributed by atoms with van der Waals surface area (Å²) in [6, 6.07) is 22.3. The molecule has 1 amide bonds. The van der Waals surface area contributed by atoms with Gasteiger partial charge in [0.2, 0.25) is 0 Å². The van der Waals surface area contributed by atoms with E-state index in [4.69, 9.17) is 4.98 Å². The summed E-state index contributed by atoms with van der Waals surface area (Å²) in [5.41, 5.74) is 6.35. The minimum Gasteiger partial charge on any atom is -0.354 e. The number of aryl methyl sites for hydroxylation is 1. The van der Waals surface area contributed by atoms with Crippen molar-refractivity contribution in [2.24, 2.45) is 0 Å². The molecule has 0 spiro atoms. The lowest BCUT2D eigenvalue weighted by molar-refractivity contribution is 0.102. The minimum atomic E-state index is -0.147. The molecule has 172 valence electrons. The van der Waals surface area contributed by atoms with E-state index in [9.17, 15) is 4.79 Å². The molecule has 1 atom stereocenters. The van der Waals surface area contributed by atoms with Crippen LogP contribution < -0.4 is 10.2 Å². The van der Waals surface area contributed by atoms with E-state index in [2.05, 4.69) is 65.4 Å². The molecular weight excluding hydrogens is 422 g/mol. The first-order chi connectivity index (χ1) is 16.5. The first-order valence-electron chi connectivity index (χ1n) is 11.6. The molecule has 1 N–H and O–H groups in total. The van der Waals surface area contributed by atoms with Crippen molar-refractivity contribution in [1.29, 1.82) is 0 Å². The molecule has 1 aliphatic heterocycles. The number of hydrogen-bond acceptors (Lipinski definition) is 5. The van der Waals surface area contributed by atoms with Gasteiger partial charge in [0.25, 0.3) is 5.91 Å². The number of nitrogens with one attached hydrogen (secondary N) is 1. The molecule has 1 fully saturated rings. The van der Waals surface area contributed by atoms with Crippen molar-refractivity contribution in [3.63, 3.8) is 0 Å². The van der Waals surface area contributed by atoms with Gasteiger partial charge in [-0.25, -0.2) is 4.98 Å². The van der Waals surface area contributed by atoms with Crippen LogP contribution in [-0.2, 0) is 0 Å². The van der Waals surface area contributed by atoms with Gasteiger partial charge in [0.05, 0.1) is 17.2 Å². The third-order valence-corrected chi connectivity index (χ3v) is 6.54. The molecular formula is C28H29N5O. The van der Waals surface area contributed by atoms with Crippen molar-refractivity contribution in [1.82, 2.24) is 14.9 Å². The lowest BCUT2D eigenvalue weighted by atomic mass is 10.0. The van der Waals surface area contributed by atoms with Gasteiger partial charge in [0.15, 0.2) is 0 Å². The Hall–Kier alpha value is -3.77. The van der Waals surface area contributed by atoms with E-state index in [1.807, 2.05) is 48.7 Å². The highest BCUT2D eigenvalue weighted by Gasteiger charge is 2.25. The Morgan fingerprint density at radius 3 is 2.35 bits per heavy atom. The van der Waals surface area contributed by atoms with E-state index in [0.717, 1.165) is 47.5 Å². The van der Waals surface area contributed by atoms with E-state index in [0.29, 0.717) is 17.3 Å². The van der Waals surface area contributed by atoms with Crippen LogP contribution in [-0.4, -0.2) is 54.0 Å². The molecule has 6 nitrogen and oxygen atoms in total. The second-order valence-corrected chi connectivity index (χ2v) is 9.18. The number of hydrogen-bond donors (Lipinski definition) is 1. The molecule has 2 heterocycles. The highest BCUT2D eigenvalue weighted by molar-refractivity contribution is 6.05. The lowest BCUT2D eigenvalue weighted by Gasteiger charge is -2.21. The van der Waals surface area contributed by atoms with E-state index in [1.165, 1.54) is 5.56 Å². The quantitative estimate of drug-likeness (QED) is 0.463. The fourth-order valence-corrected chi connectivity index (χ4v) is 4.37. The second-order valence-electron chi connectivity index (χ2n) is 9.18. The summed E-state index contributed by atoms with van der Waals surface area (Å²) in [5.74, 6) is 0.758. The predicted octanol–water partition coefficient (Wildman–Crippen LogP) is 5.00. The molecule has 0 aliphatic carbocycles. The van der Waals surface area contributed by atoms with Crippen molar-refractivity contribution in [2.75, 3.05) is 37.4 Å². The molecule has 1 aromatic heterocycles. The van der Waals surface area contributed by atoms with Crippen LogP contribution in [0.25, 0.3) is 22.2 Å². The summed E-state index contributed by atoms with van der Waals surface area (Å²) in [7, 11) is 4.24. The molecule has 4 aromatic rings. The summed E-state index contributed by atoms with van der Waals surface area (Å²) in [4.78, 5) is 26.8. The molecule has 34 heavy (non-hydrogen) atoms. The summed E-state index contributed by atoms with van der Waals surface area (Å²) >= 11 is 0. The molecule has 3 aromatic carbocycles. The van der Waals surface area contributed by atoms with Gasteiger partial charge in [0, 0.05) is 30.4 Å². The SMILES string of the molecule is Cc1ccc(-c2ccc(C(=O)Nc3ccc4nc(N5CC[C@@H](N(C)C)C5)cnc4c3)cc2)cc1. The number of aromatic nitrogens is 2. The van der Waals surface area contributed by atoms with Gasteiger partial charge in [0.1, 0.15) is 5.82 Å². The Labute approximate surface area is 200 Å². The molecule has 0 bridgehead atoms. The zero-order valence-corrected chi connectivity index (χ0v) is 19.8. The van der Waals surface area contributed by atoms with Crippen LogP contribution in [0.4, 0.5) is 11.5 Å². The second kappa shape index (κ2) is 9.23. The average molecular weight is 452 g/mol. The molecule has 6 heteroatoms. The molecule has 0 saturated carbocycles. The van der Waals surface area contributed by atoms with Crippen LogP contribution in [0.15, 0.2) is 72.9 Å². The highest BCUT2D eigenvalue weighted by atomic mass is 16.1. The molecule has 0 radical (unpaired) electrons. The average Bonchev–Trinajstić information content (AvgIpc) is 3.35. The monoisotopic (exact) mass is 451 g/mol. The largest absolute Gasteiger partial charge is 0.354 e. The zero-order chi connectivity index (χ0) is 23.7. The Morgan fingerprint density at radius 2 is 1.68 bits per heavy atom. The van der Waals surface area contributed by atoms with E-state index < -0.39 is 0 Å². The standard InChI is InChI=1S/C28H29N5O/c1-19-4-6-20(7-5-19)21-8-10-22(11-9-21)28(34)30-23-12-13-25-26(16-23)29-17-27(31-25)33-15-14-24(18-33)32(2)3/h4-13,16-17,24H,14-15,18H2,1-3H3,(H,30,34)/t24-/m1/s1. The van der Waals surface area contributed by atoms with Crippen molar-refractivity contribution < 1.29 is 4.79 Å². The third-order valence-electron chi connectivity index (χ3n) is 6.54. The molecule has 0 unspecified atom stereocenters. The van der Waals surface area contributed by atoms with Crippen molar-refractivity contribution in [2.45, 2.75) is 19.4 Å². The number of benzene rings is 3. The zero-order valence-electron chi connectivity index (χ0n) is 19.8. The normalized spacial score (nSPS) is 15.8. The number of rotatable bonds is 5. The van der Waals surface area contributed by atoms with Crippen LogP contribution in [0.1, 0.15) is 22.3 Å². The summed E-state index contributed by atoms with van der Waals surface area (Å²) in [5, 5.41) is 2.98. The number of likely N-dealkylation sites (N-methyl/N-ethyl adjacent to an activating group) is 1. The van der Waals surface area contributed by atoms with Crippen LogP contribution in [0.5, 0.6) is 0 Å². The van der Waals surface area contributed by atoms with E-state index >= 15 is 0 Å². The van der Waals surface area contributed by atoms with Crippen molar-refractivity contribution >= 4 is 28.4 Å². The fraction of sp³-hybridized carbons (Fsp3) is 0.250. The Bertz CT molecular complexity index is 1320. The number of carbonyl (C=O) groups excluding carboxylic acids is 1. The fourth-order valence-electron chi connectivity index (χ4n) is 4.37. The van der Waals surface area contributed by atoms with Gasteiger partial charge in [-0.15, -0.1) is 0 Å². The summed E-state index contributed by atoms with van der Waals surface area (Å²) in [6.07, 6.45) is 2.96. The lowest BCUT2D eigenvalue weighted by Crippen LogP contribution is -2.31. The predicted molar refractivity (Wildman–Crippen MR) is 138 cm³/mol. The van der Waals surface area contributed by atoms with E-state index in [1.54, 1.807) is 0 Å². The first kappa shape index (κ1) is 22.0. The number of anilines is 2. The van der Waals surface area contributed by atoms with Gasteiger partial charge < -0.3 is 15.1 Å². The first-order valence-corrected chi connectivity index (χ1v) is 11.6. The topological polar surface area (TPSA) is 61.4 Å². The van der Waals surface area contributed by atoms with E-state index in [-0.39, 0.29) is 5.91 Å². The Morgan fingerprint density at radius 1 is 0.971 bits per heavy atom.